The summed E-state index contributed by atoms with van der Waals surface area (Å²) in [5.41, 5.74) is -2.02. The van der Waals surface area contributed by atoms with E-state index in [1.165, 1.54) is 4.90 Å². The first kappa shape index (κ1) is 28.1. The predicted molar refractivity (Wildman–Crippen MR) is 128 cm³/mol. The van der Waals surface area contributed by atoms with Crippen molar-refractivity contribution in [3.63, 3.8) is 0 Å². The second kappa shape index (κ2) is 14.3. The van der Waals surface area contributed by atoms with Crippen molar-refractivity contribution in [1.29, 1.82) is 0 Å². The van der Waals surface area contributed by atoms with Crippen molar-refractivity contribution in [2.24, 2.45) is 0 Å². The Kier molecular flexibility index (Phi) is 11.5. The number of carbonyl (C=O) groups is 2. The van der Waals surface area contributed by atoms with Crippen molar-refractivity contribution >= 4 is 23.0 Å². The van der Waals surface area contributed by atoms with Crippen molar-refractivity contribution in [2.45, 2.75) is 71.1 Å². The Morgan fingerprint density at radius 3 is 2.11 bits per heavy atom. The molecule has 0 saturated heterocycles. The van der Waals surface area contributed by atoms with Gasteiger partial charge in [-0.25, -0.2) is 14.0 Å². The molecule has 0 radical (unpaired) electrons. The van der Waals surface area contributed by atoms with Gasteiger partial charge in [0.25, 0.3) is 5.91 Å². The van der Waals surface area contributed by atoms with E-state index in [4.69, 9.17) is 9.52 Å². The number of carboxylic acid groups (broad SMARTS) is 1. The summed E-state index contributed by atoms with van der Waals surface area (Å²) in [6.45, 7) is 3.31. The molecule has 2 rings (SSSR count). The number of nitrogens with one attached hydrogen (secondary N) is 1. The van der Waals surface area contributed by atoms with Crippen molar-refractivity contribution in [2.75, 3.05) is 19.6 Å². The third-order valence-corrected chi connectivity index (χ3v) is 5.93. The fraction of sp³-hybridized carbons (Fsp3) is 0.560. The molecule has 8 nitrogen and oxygen atoms in total. The minimum atomic E-state index is -1.39. The fourth-order valence-electron chi connectivity index (χ4n) is 3.87. The molecule has 0 bridgehead atoms. The van der Waals surface area contributed by atoms with Crippen LogP contribution in [0.25, 0.3) is 11.0 Å². The molecule has 0 saturated carbocycles. The SMILES string of the molecule is CCN(CCCCCCCCCCCCNC(=O)c1cc2cc(F)c(O)c(F)c2oc1=O)C(=O)O. The number of amides is 2. The molecule has 0 aliphatic heterocycles. The van der Waals surface area contributed by atoms with E-state index < -0.39 is 40.6 Å². The van der Waals surface area contributed by atoms with Crippen LogP contribution in [-0.4, -0.2) is 46.7 Å². The number of benzene rings is 1. The summed E-state index contributed by atoms with van der Waals surface area (Å²) in [5, 5.41) is 20.7. The van der Waals surface area contributed by atoms with Crippen LogP contribution in [0.1, 0.15) is 81.5 Å². The van der Waals surface area contributed by atoms with Gasteiger partial charge in [-0.05, 0) is 31.9 Å². The highest BCUT2D eigenvalue weighted by Gasteiger charge is 2.19. The van der Waals surface area contributed by atoms with Crippen molar-refractivity contribution in [3.05, 3.63) is 39.8 Å². The van der Waals surface area contributed by atoms with Gasteiger partial charge in [0.15, 0.2) is 17.1 Å². The van der Waals surface area contributed by atoms with Crippen LogP contribution in [-0.2, 0) is 0 Å². The maximum atomic E-state index is 13.9. The zero-order valence-electron chi connectivity index (χ0n) is 20.1. The van der Waals surface area contributed by atoms with Gasteiger partial charge in [-0.2, -0.15) is 4.39 Å². The number of hydrogen-bond donors (Lipinski definition) is 3. The monoisotopic (exact) mass is 496 g/mol. The Morgan fingerprint density at radius 2 is 1.54 bits per heavy atom. The molecule has 194 valence electrons. The third kappa shape index (κ3) is 8.52. The zero-order valence-corrected chi connectivity index (χ0v) is 20.1. The molecule has 0 aliphatic rings. The molecule has 0 spiro atoms. The molecule has 1 aromatic carbocycles. The summed E-state index contributed by atoms with van der Waals surface area (Å²) in [6, 6.07) is 1.85. The van der Waals surface area contributed by atoms with E-state index in [2.05, 4.69) is 5.32 Å². The fourth-order valence-corrected chi connectivity index (χ4v) is 3.87. The van der Waals surface area contributed by atoms with Crippen molar-refractivity contribution < 1.29 is 33.0 Å². The summed E-state index contributed by atoms with van der Waals surface area (Å²) >= 11 is 0. The average Bonchev–Trinajstić information content (AvgIpc) is 2.82. The van der Waals surface area contributed by atoms with E-state index >= 15 is 0 Å². The number of carbonyl (C=O) groups excluding carboxylic acids is 1. The van der Waals surface area contributed by atoms with Crippen LogP contribution >= 0.6 is 0 Å². The Balaban J connectivity index is 1.58. The third-order valence-electron chi connectivity index (χ3n) is 5.93. The molecule has 2 amide bonds. The second-order valence-electron chi connectivity index (χ2n) is 8.54. The Labute approximate surface area is 202 Å². The van der Waals surface area contributed by atoms with Crippen molar-refractivity contribution in [3.8, 4) is 5.75 Å². The number of phenols is 1. The summed E-state index contributed by atoms with van der Waals surface area (Å²) in [7, 11) is 0. The van der Waals surface area contributed by atoms with Crippen LogP contribution in [0.5, 0.6) is 5.75 Å². The second-order valence-corrected chi connectivity index (χ2v) is 8.54. The molecule has 1 heterocycles. The molecule has 0 fully saturated rings. The number of aromatic hydroxyl groups is 1. The maximum absolute atomic E-state index is 13.9. The molecule has 0 atom stereocenters. The highest BCUT2D eigenvalue weighted by Crippen LogP contribution is 2.28. The van der Waals surface area contributed by atoms with Crippen LogP contribution in [0, 0.1) is 11.6 Å². The largest absolute Gasteiger partial charge is 0.503 e. The molecular weight excluding hydrogens is 462 g/mol. The van der Waals surface area contributed by atoms with E-state index in [0.717, 1.165) is 76.3 Å². The topological polar surface area (TPSA) is 120 Å². The van der Waals surface area contributed by atoms with Crippen LogP contribution in [0.15, 0.2) is 21.3 Å². The van der Waals surface area contributed by atoms with Gasteiger partial charge in [-0.3, -0.25) is 4.79 Å². The van der Waals surface area contributed by atoms with E-state index in [1.54, 1.807) is 0 Å². The number of fused-ring (bicyclic) bond motifs is 1. The van der Waals surface area contributed by atoms with Crippen LogP contribution in [0.3, 0.4) is 0 Å². The lowest BCUT2D eigenvalue weighted by atomic mass is 10.1. The highest BCUT2D eigenvalue weighted by molar-refractivity contribution is 5.96. The lowest BCUT2D eigenvalue weighted by molar-refractivity contribution is 0.0949. The molecular formula is C25H34F2N2O6. The van der Waals surface area contributed by atoms with Gasteiger partial charge in [-0.1, -0.05) is 51.4 Å². The number of halogens is 2. The smallest absolute Gasteiger partial charge is 0.407 e. The molecule has 3 N–H and O–H groups in total. The molecule has 0 aliphatic carbocycles. The van der Waals surface area contributed by atoms with Crippen LogP contribution in [0.2, 0.25) is 0 Å². The Morgan fingerprint density at radius 1 is 0.971 bits per heavy atom. The van der Waals surface area contributed by atoms with Gasteiger partial charge < -0.3 is 24.8 Å². The predicted octanol–water partition coefficient (Wildman–Crippen LogP) is 5.41. The van der Waals surface area contributed by atoms with E-state index in [0.29, 0.717) is 19.6 Å². The quantitative estimate of drug-likeness (QED) is 0.224. The van der Waals surface area contributed by atoms with Crippen LogP contribution < -0.4 is 10.9 Å². The number of rotatable bonds is 15. The van der Waals surface area contributed by atoms with E-state index in [9.17, 15) is 28.3 Å². The number of unbranched alkanes of at least 4 members (excludes halogenated alkanes) is 9. The van der Waals surface area contributed by atoms with Gasteiger partial charge in [0.05, 0.1) is 0 Å². The van der Waals surface area contributed by atoms with Gasteiger partial charge in [0, 0.05) is 25.0 Å². The number of hydrogen-bond acceptors (Lipinski definition) is 5. The molecule has 35 heavy (non-hydrogen) atoms. The Hall–Kier alpha value is -3.17. The summed E-state index contributed by atoms with van der Waals surface area (Å²) in [6.07, 6.45) is 9.35. The first-order valence-corrected chi connectivity index (χ1v) is 12.2. The van der Waals surface area contributed by atoms with Gasteiger partial charge >= 0.3 is 11.7 Å². The minimum Gasteiger partial charge on any atom is -0.503 e. The maximum Gasteiger partial charge on any atom is 0.407 e. The summed E-state index contributed by atoms with van der Waals surface area (Å²) in [4.78, 5) is 36.6. The normalized spacial score (nSPS) is 11.1. The highest BCUT2D eigenvalue weighted by atomic mass is 19.1. The van der Waals surface area contributed by atoms with Crippen molar-refractivity contribution in [1.82, 2.24) is 10.2 Å². The first-order chi connectivity index (χ1) is 16.8. The van der Waals surface area contributed by atoms with E-state index in [1.807, 2.05) is 6.92 Å². The lowest BCUT2D eigenvalue weighted by Gasteiger charge is -2.16. The average molecular weight is 497 g/mol. The number of nitrogens with zero attached hydrogens (tertiary/aromatic N) is 1. The minimum absolute atomic E-state index is 0.134. The zero-order chi connectivity index (χ0) is 25.8. The molecule has 1 aromatic heterocycles. The lowest BCUT2D eigenvalue weighted by Crippen LogP contribution is -2.29. The summed E-state index contributed by atoms with van der Waals surface area (Å²) in [5.74, 6) is -4.52. The molecule has 2 aromatic rings. The van der Waals surface area contributed by atoms with Crippen LogP contribution in [0.4, 0.5) is 13.6 Å². The Bertz CT molecular complexity index is 1060. The first-order valence-electron chi connectivity index (χ1n) is 12.2. The van der Waals surface area contributed by atoms with Gasteiger partial charge in [0.2, 0.25) is 5.82 Å². The standard InChI is InChI=1S/C25H34F2N2O6/c1-2-29(25(33)34)14-12-10-8-6-4-3-5-7-9-11-13-28-23(31)18-15-17-16-19(26)21(30)20(27)22(17)35-24(18)32/h15-16,30H,2-14H2,1H3,(H,28,31)(H,33,34). The van der Waals surface area contributed by atoms with E-state index in [-0.39, 0.29) is 10.9 Å². The van der Waals surface area contributed by atoms with Gasteiger partial charge in [-0.15, -0.1) is 0 Å². The molecule has 10 heteroatoms. The van der Waals surface area contributed by atoms with Gasteiger partial charge in [0.1, 0.15) is 5.56 Å². The summed E-state index contributed by atoms with van der Waals surface area (Å²) < 4.78 is 32.2. The molecule has 0 unspecified atom stereocenters. The number of phenolic OH excluding ortho intramolecular Hbond substituents is 1.